The molecule has 1 nitrogen and oxygen atoms in total. The van der Waals surface area contributed by atoms with E-state index in [1.807, 2.05) is 35.7 Å². The number of hydrogen-bond donors (Lipinski definition) is 0. The standard InChI is InChI=1S/C15H20OS2/c1-11(2)8-12-4-3-5-13(9-12)15(16)14-10-17-6-7-18-14/h3-5,9,11,14H,6-8,10H2,1-2H3. The van der Waals surface area contributed by atoms with Crippen LogP contribution in [0.15, 0.2) is 24.3 Å². The van der Waals surface area contributed by atoms with Gasteiger partial charge in [-0.2, -0.15) is 11.8 Å². The van der Waals surface area contributed by atoms with Crippen molar-refractivity contribution in [1.82, 2.24) is 0 Å². The van der Waals surface area contributed by atoms with Crippen molar-refractivity contribution in [3.05, 3.63) is 35.4 Å². The van der Waals surface area contributed by atoms with E-state index in [4.69, 9.17) is 0 Å². The highest BCUT2D eigenvalue weighted by Gasteiger charge is 2.23. The molecule has 3 heteroatoms. The molecule has 1 aromatic rings. The van der Waals surface area contributed by atoms with Gasteiger partial charge in [-0.15, -0.1) is 11.8 Å². The van der Waals surface area contributed by atoms with Gasteiger partial charge in [-0.1, -0.05) is 32.0 Å². The van der Waals surface area contributed by atoms with Crippen molar-refractivity contribution in [1.29, 1.82) is 0 Å². The molecule has 1 atom stereocenters. The van der Waals surface area contributed by atoms with E-state index in [0.29, 0.717) is 11.7 Å². The number of thioether (sulfide) groups is 2. The molecule has 0 radical (unpaired) electrons. The second-order valence-electron chi connectivity index (χ2n) is 5.10. The summed E-state index contributed by atoms with van der Waals surface area (Å²) in [5.74, 6) is 4.21. The fraction of sp³-hybridized carbons (Fsp3) is 0.533. The Morgan fingerprint density at radius 1 is 1.39 bits per heavy atom. The van der Waals surface area contributed by atoms with Crippen LogP contribution in [-0.2, 0) is 6.42 Å². The SMILES string of the molecule is CC(C)Cc1cccc(C(=O)C2CSCCS2)c1. The van der Waals surface area contributed by atoms with Gasteiger partial charge in [-0.3, -0.25) is 4.79 Å². The van der Waals surface area contributed by atoms with Gasteiger partial charge in [0.25, 0.3) is 0 Å². The molecule has 0 spiro atoms. The zero-order valence-corrected chi connectivity index (χ0v) is 12.7. The van der Waals surface area contributed by atoms with Crippen LogP contribution in [0.2, 0.25) is 0 Å². The molecule has 0 N–H and O–H groups in total. The van der Waals surface area contributed by atoms with Crippen LogP contribution in [0.5, 0.6) is 0 Å². The molecule has 0 amide bonds. The lowest BCUT2D eigenvalue weighted by Crippen LogP contribution is -2.24. The molecular formula is C15H20OS2. The summed E-state index contributed by atoms with van der Waals surface area (Å²) in [6.45, 7) is 4.42. The highest BCUT2D eigenvalue weighted by atomic mass is 32.2. The summed E-state index contributed by atoms with van der Waals surface area (Å²) in [7, 11) is 0. The maximum atomic E-state index is 12.4. The van der Waals surface area contributed by atoms with E-state index >= 15 is 0 Å². The molecule has 0 bridgehead atoms. The number of carbonyl (C=O) groups is 1. The zero-order valence-electron chi connectivity index (χ0n) is 11.0. The van der Waals surface area contributed by atoms with Crippen LogP contribution >= 0.6 is 23.5 Å². The molecule has 1 aromatic carbocycles. The average molecular weight is 280 g/mol. The normalized spacial score (nSPS) is 20.1. The summed E-state index contributed by atoms with van der Waals surface area (Å²) < 4.78 is 0. The van der Waals surface area contributed by atoms with Crippen LogP contribution in [0, 0.1) is 5.92 Å². The zero-order chi connectivity index (χ0) is 13.0. The first-order chi connectivity index (χ1) is 8.66. The van der Waals surface area contributed by atoms with Crippen LogP contribution in [0.4, 0.5) is 0 Å². The largest absolute Gasteiger partial charge is 0.293 e. The Morgan fingerprint density at radius 2 is 2.22 bits per heavy atom. The van der Waals surface area contributed by atoms with Crippen molar-refractivity contribution in [3.63, 3.8) is 0 Å². The minimum atomic E-state index is 0.165. The molecule has 1 saturated heterocycles. The Balaban J connectivity index is 2.09. The van der Waals surface area contributed by atoms with Gasteiger partial charge in [0.2, 0.25) is 0 Å². The van der Waals surface area contributed by atoms with Crippen LogP contribution < -0.4 is 0 Å². The lowest BCUT2D eigenvalue weighted by Gasteiger charge is -2.20. The molecule has 1 aliphatic heterocycles. The first-order valence-electron chi connectivity index (χ1n) is 6.49. The predicted molar refractivity (Wildman–Crippen MR) is 82.9 cm³/mol. The lowest BCUT2D eigenvalue weighted by molar-refractivity contribution is 0.0995. The third kappa shape index (κ3) is 3.79. The van der Waals surface area contributed by atoms with E-state index in [2.05, 4.69) is 26.0 Å². The van der Waals surface area contributed by atoms with E-state index < -0.39 is 0 Å². The van der Waals surface area contributed by atoms with Crippen molar-refractivity contribution < 1.29 is 4.79 Å². The van der Waals surface area contributed by atoms with Gasteiger partial charge in [0, 0.05) is 22.8 Å². The average Bonchev–Trinajstić information content (AvgIpc) is 2.38. The van der Waals surface area contributed by atoms with Crippen LogP contribution in [0.25, 0.3) is 0 Å². The molecule has 0 aromatic heterocycles. The van der Waals surface area contributed by atoms with Gasteiger partial charge < -0.3 is 0 Å². The van der Waals surface area contributed by atoms with Gasteiger partial charge in [-0.05, 0) is 24.0 Å². The van der Waals surface area contributed by atoms with E-state index in [1.54, 1.807) is 0 Å². The van der Waals surface area contributed by atoms with Gasteiger partial charge in [0.15, 0.2) is 5.78 Å². The maximum absolute atomic E-state index is 12.4. The molecule has 2 rings (SSSR count). The molecule has 1 fully saturated rings. The van der Waals surface area contributed by atoms with Crippen molar-refractivity contribution in [2.24, 2.45) is 5.92 Å². The molecule has 1 heterocycles. The predicted octanol–water partition coefficient (Wildman–Crippen LogP) is 3.92. The van der Waals surface area contributed by atoms with Gasteiger partial charge in [0.1, 0.15) is 0 Å². The third-order valence-corrected chi connectivity index (χ3v) is 5.72. The van der Waals surface area contributed by atoms with Crippen molar-refractivity contribution >= 4 is 29.3 Å². The van der Waals surface area contributed by atoms with E-state index in [-0.39, 0.29) is 5.25 Å². The van der Waals surface area contributed by atoms with Gasteiger partial charge >= 0.3 is 0 Å². The number of Topliss-reactive ketones (excluding diaryl/α,β-unsaturated/α-hetero) is 1. The Morgan fingerprint density at radius 3 is 2.89 bits per heavy atom. The second-order valence-corrected chi connectivity index (χ2v) is 7.56. The van der Waals surface area contributed by atoms with Crippen LogP contribution in [-0.4, -0.2) is 28.3 Å². The molecule has 98 valence electrons. The molecule has 0 saturated carbocycles. The van der Waals surface area contributed by atoms with Gasteiger partial charge in [-0.25, -0.2) is 0 Å². The Bertz CT molecular complexity index is 409. The fourth-order valence-electron chi connectivity index (χ4n) is 2.15. The van der Waals surface area contributed by atoms with Crippen LogP contribution in [0.1, 0.15) is 29.8 Å². The van der Waals surface area contributed by atoms with Crippen molar-refractivity contribution in [3.8, 4) is 0 Å². The van der Waals surface area contributed by atoms with E-state index in [1.165, 1.54) is 11.3 Å². The molecule has 1 unspecified atom stereocenters. The molecule has 18 heavy (non-hydrogen) atoms. The highest BCUT2D eigenvalue weighted by molar-refractivity contribution is 8.07. The van der Waals surface area contributed by atoms with Crippen molar-refractivity contribution in [2.75, 3.05) is 17.3 Å². The third-order valence-electron chi connectivity index (χ3n) is 2.96. The van der Waals surface area contributed by atoms with E-state index in [0.717, 1.165) is 23.5 Å². The minimum absolute atomic E-state index is 0.165. The Kier molecular flexibility index (Phi) is 5.19. The smallest absolute Gasteiger partial charge is 0.176 e. The number of carbonyl (C=O) groups excluding carboxylic acids is 1. The number of rotatable bonds is 4. The second kappa shape index (κ2) is 6.67. The summed E-state index contributed by atoms with van der Waals surface area (Å²) in [5, 5.41) is 0.165. The maximum Gasteiger partial charge on any atom is 0.176 e. The van der Waals surface area contributed by atoms with Gasteiger partial charge in [0.05, 0.1) is 5.25 Å². The number of ketones is 1. The summed E-state index contributed by atoms with van der Waals surface area (Å²) >= 11 is 3.71. The first kappa shape index (κ1) is 14.0. The topological polar surface area (TPSA) is 17.1 Å². The molecular weight excluding hydrogens is 260 g/mol. The Hall–Kier alpha value is -0.410. The lowest BCUT2D eigenvalue weighted by atomic mass is 9.99. The summed E-state index contributed by atoms with van der Waals surface area (Å²) in [6.07, 6.45) is 1.05. The number of benzene rings is 1. The summed E-state index contributed by atoms with van der Waals surface area (Å²) in [5.41, 5.74) is 2.18. The highest BCUT2D eigenvalue weighted by Crippen LogP contribution is 2.27. The van der Waals surface area contributed by atoms with E-state index in [9.17, 15) is 4.79 Å². The number of hydrogen-bond acceptors (Lipinski definition) is 3. The summed E-state index contributed by atoms with van der Waals surface area (Å²) in [6, 6.07) is 8.19. The monoisotopic (exact) mass is 280 g/mol. The Labute approximate surface area is 118 Å². The molecule has 1 aliphatic rings. The first-order valence-corrected chi connectivity index (χ1v) is 8.69. The summed E-state index contributed by atoms with van der Waals surface area (Å²) in [4.78, 5) is 12.4. The quantitative estimate of drug-likeness (QED) is 0.778. The minimum Gasteiger partial charge on any atom is -0.293 e. The fourth-order valence-corrected chi connectivity index (χ4v) is 4.78. The van der Waals surface area contributed by atoms with Crippen LogP contribution in [0.3, 0.4) is 0 Å². The molecule has 0 aliphatic carbocycles. The van der Waals surface area contributed by atoms with Crippen molar-refractivity contribution in [2.45, 2.75) is 25.5 Å².